The van der Waals surface area contributed by atoms with Crippen LogP contribution >= 0.6 is 23.2 Å². The van der Waals surface area contributed by atoms with Gasteiger partial charge in [-0.2, -0.15) is 0 Å². The summed E-state index contributed by atoms with van der Waals surface area (Å²) in [6.07, 6.45) is 0. The molecule has 0 radical (unpaired) electrons. The van der Waals surface area contributed by atoms with Crippen molar-refractivity contribution in [2.24, 2.45) is 4.99 Å². The van der Waals surface area contributed by atoms with E-state index in [0.29, 0.717) is 24.5 Å². The number of nitrogen functional groups attached to an aromatic ring is 1. The average Bonchev–Trinajstić information content (AvgIpc) is 2.64. The van der Waals surface area contributed by atoms with Gasteiger partial charge in [0.2, 0.25) is 11.9 Å². The first-order valence-corrected chi connectivity index (χ1v) is 5.57. The molecule has 0 saturated heterocycles. The lowest BCUT2D eigenvalue weighted by Crippen LogP contribution is -2.33. The van der Waals surface area contributed by atoms with Gasteiger partial charge in [0, 0.05) is 13.5 Å². The van der Waals surface area contributed by atoms with Gasteiger partial charge in [0.1, 0.15) is 16.1 Å². The normalized spacial score (nSPS) is 15.0. The van der Waals surface area contributed by atoms with Crippen LogP contribution in [0, 0.1) is 0 Å². The Labute approximate surface area is 107 Å². The van der Waals surface area contributed by atoms with Crippen molar-refractivity contribution in [2.45, 2.75) is 6.92 Å². The van der Waals surface area contributed by atoms with Crippen LogP contribution in [-0.4, -0.2) is 39.7 Å². The minimum Gasteiger partial charge on any atom is -0.368 e. The second-order valence-corrected chi connectivity index (χ2v) is 4.13. The van der Waals surface area contributed by atoms with E-state index in [-0.39, 0.29) is 22.2 Å². The van der Waals surface area contributed by atoms with Crippen LogP contribution in [0.2, 0.25) is 10.3 Å². The fraction of sp³-hybridized carbons (Fsp3) is 0.333. The number of nitrogens with two attached hydrogens (primary N) is 1. The molecule has 2 N–H and O–H groups in total. The molecule has 0 unspecified atom stereocenters. The summed E-state index contributed by atoms with van der Waals surface area (Å²) >= 11 is 11.9. The third-order valence-electron chi connectivity index (χ3n) is 2.28. The maximum absolute atomic E-state index is 11.4. The van der Waals surface area contributed by atoms with Crippen molar-refractivity contribution in [3.8, 4) is 0 Å². The zero-order chi connectivity index (χ0) is 12.6. The van der Waals surface area contributed by atoms with E-state index in [0.717, 1.165) is 0 Å². The molecule has 0 saturated carbocycles. The van der Waals surface area contributed by atoms with Gasteiger partial charge in [0.15, 0.2) is 0 Å². The van der Waals surface area contributed by atoms with Crippen LogP contribution in [-0.2, 0) is 4.79 Å². The highest BCUT2D eigenvalue weighted by molar-refractivity contribution is 6.39. The van der Waals surface area contributed by atoms with Gasteiger partial charge in [-0.1, -0.05) is 23.2 Å². The molecule has 2 heterocycles. The summed E-state index contributed by atoms with van der Waals surface area (Å²) in [5, 5.41) is 0.184. The van der Waals surface area contributed by atoms with Crippen LogP contribution in [0.15, 0.2) is 4.99 Å². The molecule has 90 valence electrons. The lowest BCUT2D eigenvalue weighted by Gasteiger charge is -2.17. The molecular weight excluding hydrogens is 265 g/mol. The van der Waals surface area contributed by atoms with Gasteiger partial charge in [-0.05, 0) is 0 Å². The number of carbonyl (C=O) groups excluding carboxylic acids is 1. The molecule has 0 aliphatic carbocycles. The number of aliphatic imine (C=N–C) groups is 1. The van der Waals surface area contributed by atoms with Gasteiger partial charge in [-0.25, -0.2) is 9.97 Å². The minimum absolute atomic E-state index is 0.0169. The van der Waals surface area contributed by atoms with E-state index in [1.807, 2.05) is 0 Å². The standard InChI is InChI=1S/C9H9Cl2N5O/c1-4(17)16-3-2-13-8(16)5-6(10)14-9(12)15-7(5)11/h2-3H2,1H3,(H2,12,14,15). The topological polar surface area (TPSA) is 84.5 Å². The third kappa shape index (κ3) is 2.18. The molecule has 1 aromatic heterocycles. The SMILES string of the molecule is CC(=O)N1CCN=C1c1c(Cl)nc(N)nc1Cl. The Bertz CT molecular complexity index is 493. The van der Waals surface area contributed by atoms with Crippen molar-refractivity contribution < 1.29 is 4.79 Å². The molecule has 17 heavy (non-hydrogen) atoms. The van der Waals surface area contributed by atoms with Gasteiger partial charge in [0.25, 0.3) is 0 Å². The highest BCUT2D eigenvalue weighted by atomic mass is 35.5. The monoisotopic (exact) mass is 273 g/mol. The second-order valence-electron chi connectivity index (χ2n) is 3.41. The fourth-order valence-corrected chi connectivity index (χ4v) is 2.14. The third-order valence-corrected chi connectivity index (χ3v) is 2.83. The zero-order valence-electron chi connectivity index (χ0n) is 8.94. The van der Waals surface area contributed by atoms with Gasteiger partial charge in [-0.3, -0.25) is 14.7 Å². The van der Waals surface area contributed by atoms with Crippen molar-refractivity contribution >= 4 is 40.9 Å². The number of hydrogen-bond donors (Lipinski definition) is 1. The van der Waals surface area contributed by atoms with Crippen molar-refractivity contribution in [2.75, 3.05) is 18.8 Å². The summed E-state index contributed by atoms with van der Waals surface area (Å²) in [6, 6.07) is 0. The molecule has 0 spiro atoms. The molecule has 0 bridgehead atoms. The van der Waals surface area contributed by atoms with E-state index >= 15 is 0 Å². The van der Waals surface area contributed by atoms with Crippen LogP contribution in [0.25, 0.3) is 0 Å². The van der Waals surface area contributed by atoms with E-state index in [1.54, 1.807) is 0 Å². The Morgan fingerprint density at radius 3 is 2.47 bits per heavy atom. The zero-order valence-corrected chi connectivity index (χ0v) is 10.5. The maximum atomic E-state index is 11.4. The molecule has 1 aromatic rings. The number of halogens is 2. The number of rotatable bonds is 1. The van der Waals surface area contributed by atoms with Gasteiger partial charge in [-0.15, -0.1) is 0 Å². The van der Waals surface area contributed by atoms with Gasteiger partial charge >= 0.3 is 0 Å². The first-order chi connectivity index (χ1) is 8.00. The fourth-order valence-electron chi connectivity index (χ4n) is 1.58. The number of nitrogens with zero attached hydrogens (tertiary/aromatic N) is 4. The van der Waals surface area contributed by atoms with Gasteiger partial charge in [0.05, 0.1) is 12.1 Å². The number of amides is 1. The van der Waals surface area contributed by atoms with Crippen molar-refractivity contribution in [3.05, 3.63) is 15.9 Å². The first-order valence-electron chi connectivity index (χ1n) is 4.82. The molecule has 0 fully saturated rings. The van der Waals surface area contributed by atoms with Crippen LogP contribution in [0.4, 0.5) is 5.95 Å². The summed E-state index contributed by atoms with van der Waals surface area (Å²) in [4.78, 5) is 24.7. The van der Waals surface area contributed by atoms with E-state index in [9.17, 15) is 4.79 Å². The van der Waals surface area contributed by atoms with E-state index in [1.165, 1.54) is 11.8 Å². The summed E-state index contributed by atoms with van der Waals surface area (Å²) in [7, 11) is 0. The Balaban J connectivity index is 2.51. The first kappa shape index (κ1) is 12.1. The summed E-state index contributed by atoms with van der Waals surface area (Å²) in [5.41, 5.74) is 5.75. The highest BCUT2D eigenvalue weighted by Crippen LogP contribution is 2.25. The predicted molar refractivity (Wildman–Crippen MR) is 65.3 cm³/mol. The Morgan fingerprint density at radius 1 is 1.35 bits per heavy atom. The lowest BCUT2D eigenvalue weighted by molar-refractivity contribution is -0.124. The quantitative estimate of drug-likeness (QED) is 0.773. The lowest BCUT2D eigenvalue weighted by atomic mass is 10.3. The highest BCUT2D eigenvalue weighted by Gasteiger charge is 2.27. The number of carbonyl (C=O) groups is 1. The number of amidine groups is 1. The molecule has 1 aliphatic rings. The van der Waals surface area contributed by atoms with Crippen LogP contribution in [0.3, 0.4) is 0 Å². The van der Waals surface area contributed by atoms with Crippen molar-refractivity contribution in [1.82, 2.24) is 14.9 Å². The second kappa shape index (κ2) is 4.46. The molecule has 8 heteroatoms. The smallest absolute Gasteiger partial charge is 0.225 e. The maximum Gasteiger partial charge on any atom is 0.225 e. The largest absolute Gasteiger partial charge is 0.368 e. The van der Waals surface area contributed by atoms with Crippen LogP contribution in [0.1, 0.15) is 12.5 Å². The Hall–Kier alpha value is -1.40. The van der Waals surface area contributed by atoms with Crippen molar-refractivity contribution in [3.63, 3.8) is 0 Å². The molecule has 2 rings (SSSR count). The molecule has 1 aliphatic heterocycles. The van der Waals surface area contributed by atoms with Crippen LogP contribution < -0.4 is 5.73 Å². The Kier molecular flexibility index (Phi) is 3.17. The van der Waals surface area contributed by atoms with Crippen molar-refractivity contribution in [1.29, 1.82) is 0 Å². The molecule has 0 atom stereocenters. The van der Waals surface area contributed by atoms with E-state index in [4.69, 9.17) is 28.9 Å². The summed E-state index contributed by atoms with van der Waals surface area (Å²) in [6.45, 7) is 2.45. The molecule has 6 nitrogen and oxygen atoms in total. The summed E-state index contributed by atoms with van der Waals surface area (Å²) in [5.74, 6) is 0.245. The van der Waals surface area contributed by atoms with E-state index in [2.05, 4.69) is 15.0 Å². The minimum atomic E-state index is -0.134. The van der Waals surface area contributed by atoms with E-state index < -0.39 is 0 Å². The van der Waals surface area contributed by atoms with Crippen LogP contribution in [0.5, 0.6) is 0 Å². The molecule has 1 amide bonds. The molecular formula is C9H9Cl2N5O. The molecule has 0 aromatic carbocycles. The average molecular weight is 274 g/mol. The Morgan fingerprint density at radius 2 is 1.94 bits per heavy atom. The predicted octanol–water partition coefficient (Wildman–Crippen LogP) is 0.974. The number of anilines is 1. The van der Waals surface area contributed by atoms with Gasteiger partial charge < -0.3 is 5.73 Å². The number of aromatic nitrogens is 2. The number of hydrogen-bond acceptors (Lipinski definition) is 5. The summed E-state index contributed by atoms with van der Waals surface area (Å²) < 4.78 is 0.